The van der Waals surface area contributed by atoms with E-state index in [1.165, 1.54) is 10.5 Å². The maximum Gasteiger partial charge on any atom is 0.254 e. The number of hydrogen-bond donors (Lipinski definition) is 1. The van der Waals surface area contributed by atoms with Crippen LogP contribution in [-0.4, -0.2) is 66.2 Å². The number of morpholine rings is 1. The number of rotatable bonds is 7. The van der Waals surface area contributed by atoms with E-state index >= 15 is 0 Å². The Hall–Kier alpha value is -3.08. The van der Waals surface area contributed by atoms with Gasteiger partial charge >= 0.3 is 0 Å². The van der Waals surface area contributed by atoms with Gasteiger partial charge in [-0.05, 0) is 43.2 Å². The fraction of sp³-hybridized carbons (Fsp3) is 0.318. The molecule has 1 aliphatic rings. The number of benzene rings is 1. The Kier molecular flexibility index (Phi) is 6.63. The van der Waals surface area contributed by atoms with Crippen molar-refractivity contribution in [2.45, 2.75) is 18.2 Å². The van der Waals surface area contributed by atoms with Crippen LogP contribution in [0.3, 0.4) is 0 Å². The van der Waals surface area contributed by atoms with Crippen LogP contribution in [0.5, 0.6) is 0 Å². The summed E-state index contributed by atoms with van der Waals surface area (Å²) in [5, 5.41) is 7.17. The molecule has 0 atom stereocenters. The maximum absolute atomic E-state index is 12.7. The lowest BCUT2D eigenvalue weighted by molar-refractivity contribution is 0.0730. The molecular weight excluding hydrogens is 430 g/mol. The first kappa shape index (κ1) is 22.1. The van der Waals surface area contributed by atoms with Gasteiger partial charge in [0.1, 0.15) is 0 Å². The number of pyridine rings is 1. The van der Waals surface area contributed by atoms with Crippen LogP contribution < -0.4 is 5.32 Å². The van der Waals surface area contributed by atoms with Crippen LogP contribution in [0.25, 0.3) is 5.82 Å². The van der Waals surface area contributed by atoms with Crippen molar-refractivity contribution in [1.82, 2.24) is 24.4 Å². The van der Waals surface area contributed by atoms with E-state index in [0.717, 1.165) is 5.56 Å². The normalized spacial score (nSPS) is 14.9. The van der Waals surface area contributed by atoms with E-state index in [9.17, 15) is 13.2 Å². The second-order valence-corrected chi connectivity index (χ2v) is 9.35. The van der Waals surface area contributed by atoms with Crippen molar-refractivity contribution in [2.24, 2.45) is 0 Å². The van der Waals surface area contributed by atoms with Gasteiger partial charge < -0.3 is 10.1 Å². The minimum Gasteiger partial charge on any atom is -0.379 e. The van der Waals surface area contributed by atoms with E-state index in [0.29, 0.717) is 56.3 Å². The number of nitrogens with zero attached hydrogens (tertiary/aromatic N) is 4. The number of amides is 1. The molecule has 3 heterocycles. The summed E-state index contributed by atoms with van der Waals surface area (Å²) >= 11 is 0. The fourth-order valence-electron chi connectivity index (χ4n) is 3.52. The van der Waals surface area contributed by atoms with Crippen LogP contribution in [0, 0.1) is 6.92 Å². The van der Waals surface area contributed by atoms with Crippen LogP contribution in [0.1, 0.15) is 21.6 Å². The molecular formula is C22H25N5O4S. The number of ether oxygens (including phenoxy) is 1. The van der Waals surface area contributed by atoms with E-state index < -0.39 is 10.0 Å². The summed E-state index contributed by atoms with van der Waals surface area (Å²) in [6, 6.07) is 12.3. The third-order valence-corrected chi connectivity index (χ3v) is 7.26. The number of carbonyl (C=O) groups excluding carboxylic acids is 1. The van der Waals surface area contributed by atoms with Crippen LogP contribution in [0.15, 0.2) is 59.8 Å². The monoisotopic (exact) mass is 455 g/mol. The van der Waals surface area contributed by atoms with Gasteiger partial charge in [0, 0.05) is 25.8 Å². The maximum atomic E-state index is 12.7. The molecule has 1 saturated heterocycles. The number of sulfonamides is 1. The number of hydrogen-bond acceptors (Lipinski definition) is 6. The molecule has 1 aliphatic heterocycles. The molecule has 1 fully saturated rings. The lowest BCUT2D eigenvalue weighted by atomic mass is 10.1. The standard InChI is InChI=1S/C22H25N5O4S/c1-17-20(16-25-27(17)21-4-2-3-10-23-21)22(28)24-11-9-18-5-7-19(8-6-18)32(29,30)26-12-14-31-15-13-26/h2-8,10,16H,9,11-15H2,1H3,(H,24,28). The van der Waals surface area contributed by atoms with E-state index in [2.05, 4.69) is 15.4 Å². The Labute approximate surface area is 187 Å². The van der Waals surface area contributed by atoms with Crippen LogP contribution in [-0.2, 0) is 21.2 Å². The van der Waals surface area contributed by atoms with E-state index in [-0.39, 0.29) is 10.8 Å². The topological polar surface area (TPSA) is 106 Å². The zero-order valence-corrected chi connectivity index (χ0v) is 18.6. The van der Waals surface area contributed by atoms with E-state index in [1.807, 2.05) is 25.1 Å². The van der Waals surface area contributed by atoms with Gasteiger partial charge in [-0.15, -0.1) is 0 Å². The zero-order chi connectivity index (χ0) is 22.6. The predicted molar refractivity (Wildman–Crippen MR) is 118 cm³/mol. The molecule has 1 amide bonds. The van der Waals surface area contributed by atoms with Gasteiger partial charge in [-0.25, -0.2) is 18.1 Å². The molecule has 0 saturated carbocycles. The first-order valence-corrected chi connectivity index (χ1v) is 11.8. The van der Waals surface area contributed by atoms with Crippen LogP contribution >= 0.6 is 0 Å². The highest BCUT2D eigenvalue weighted by molar-refractivity contribution is 7.89. The van der Waals surface area contributed by atoms with Crippen LogP contribution in [0.2, 0.25) is 0 Å². The van der Waals surface area contributed by atoms with Crippen molar-refractivity contribution in [3.05, 3.63) is 71.7 Å². The molecule has 0 spiro atoms. The van der Waals surface area contributed by atoms with Crippen LogP contribution in [0.4, 0.5) is 0 Å². The minimum atomic E-state index is -3.50. The molecule has 0 bridgehead atoms. The zero-order valence-electron chi connectivity index (χ0n) is 17.8. The first-order chi connectivity index (χ1) is 15.5. The molecule has 9 nitrogen and oxygen atoms in total. The summed E-state index contributed by atoms with van der Waals surface area (Å²) in [4.78, 5) is 17.1. The van der Waals surface area contributed by atoms with Crippen molar-refractivity contribution in [3.63, 3.8) is 0 Å². The minimum absolute atomic E-state index is 0.212. The first-order valence-electron chi connectivity index (χ1n) is 10.4. The Morgan fingerprint density at radius 1 is 1.12 bits per heavy atom. The van der Waals surface area contributed by atoms with Gasteiger partial charge in [0.25, 0.3) is 5.91 Å². The molecule has 3 aromatic rings. The molecule has 2 aromatic heterocycles. The molecule has 0 aliphatic carbocycles. The molecule has 0 radical (unpaired) electrons. The number of carbonyl (C=O) groups is 1. The van der Waals surface area contributed by atoms with Crippen molar-refractivity contribution in [3.8, 4) is 5.82 Å². The van der Waals surface area contributed by atoms with Gasteiger partial charge in [0.2, 0.25) is 10.0 Å². The third-order valence-electron chi connectivity index (χ3n) is 5.35. The van der Waals surface area contributed by atoms with Crippen molar-refractivity contribution in [2.75, 3.05) is 32.8 Å². The van der Waals surface area contributed by atoms with Gasteiger partial charge in [-0.3, -0.25) is 4.79 Å². The summed E-state index contributed by atoms with van der Waals surface area (Å²) in [6.07, 6.45) is 3.79. The lowest BCUT2D eigenvalue weighted by Gasteiger charge is -2.26. The fourth-order valence-corrected chi connectivity index (χ4v) is 4.93. The molecule has 4 rings (SSSR count). The highest BCUT2D eigenvalue weighted by Gasteiger charge is 2.26. The average Bonchev–Trinajstić information content (AvgIpc) is 3.22. The molecule has 0 unspecified atom stereocenters. The predicted octanol–water partition coefficient (Wildman–Crippen LogP) is 1.57. The molecule has 1 aromatic carbocycles. The van der Waals surface area contributed by atoms with Gasteiger partial charge in [0.15, 0.2) is 5.82 Å². The summed E-state index contributed by atoms with van der Waals surface area (Å²) < 4.78 is 33.7. The van der Waals surface area contributed by atoms with Gasteiger partial charge in [-0.2, -0.15) is 9.40 Å². The van der Waals surface area contributed by atoms with Crippen molar-refractivity contribution in [1.29, 1.82) is 0 Å². The Morgan fingerprint density at radius 2 is 1.88 bits per heavy atom. The molecule has 168 valence electrons. The average molecular weight is 456 g/mol. The SMILES string of the molecule is Cc1c(C(=O)NCCc2ccc(S(=O)(=O)N3CCOCC3)cc2)cnn1-c1ccccn1. The largest absolute Gasteiger partial charge is 0.379 e. The highest BCUT2D eigenvalue weighted by atomic mass is 32.2. The van der Waals surface area contributed by atoms with E-state index in [1.54, 1.807) is 35.1 Å². The van der Waals surface area contributed by atoms with Crippen molar-refractivity contribution < 1.29 is 17.9 Å². The summed E-state index contributed by atoms with van der Waals surface area (Å²) in [7, 11) is -3.50. The quantitative estimate of drug-likeness (QED) is 0.580. The summed E-state index contributed by atoms with van der Waals surface area (Å²) in [6.45, 7) is 3.81. The Morgan fingerprint density at radius 3 is 2.56 bits per heavy atom. The lowest BCUT2D eigenvalue weighted by Crippen LogP contribution is -2.40. The van der Waals surface area contributed by atoms with Crippen molar-refractivity contribution >= 4 is 15.9 Å². The summed E-state index contributed by atoms with van der Waals surface area (Å²) in [5.74, 6) is 0.437. The number of nitrogens with one attached hydrogen (secondary N) is 1. The Bertz CT molecular complexity index is 1170. The smallest absolute Gasteiger partial charge is 0.254 e. The molecule has 10 heteroatoms. The Balaban J connectivity index is 1.34. The summed E-state index contributed by atoms with van der Waals surface area (Å²) in [5.41, 5.74) is 2.13. The van der Waals surface area contributed by atoms with E-state index in [4.69, 9.17) is 4.74 Å². The molecule has 32 heavy (non-hydrogen) atoms. The highest BCUT2D eigenvalue weighted by Crippen LogP contribution is 2.18. The second-order valence-electron chi connectivity index (χ2n) is 7.41. The third kappa shape index (κ3) is 4.72. The number of aromatic nitrogens is 3. The second kappa shape index (κ2) is 9.60. The molecule has 1 N–H and O–H groups in total. The van der Waals surface area contributed by atoms with Gasteiger partial charge in [0.05, 0.1) is 35.6 Å². The van der Waals surface area contributed by atoms with Gasteiger partial charge in [-0.1, -0.05) is 18.2 Å².